The van der Waals surface area contributed by atoms with Crippen LogP contribution in [-0.4, -0.2) is 31.7 Å². The Hall–Kier alpha value is -2.25. The first-order valence-corrected chi connectivity index (χ1v) is 5.57. The fourth-order valence-corrected chi connectivity index (χ4v) is 1.62. The number of nitrogens with zero attached hydrogens (tertiary/aromatic N) is 4. The van der Waals surface area contributed by atoms with Crippen molar-refractivity contribution in [3.8, 4) is 0 Å². The molecule has 2 heterocycles. The molecule has 0 unspecified atom stereocenters. The molecule has 18 heavy (non-hydrogen) atoms. The Balaban J connectivity index is 1.78. The molecule has 1 amide bonds. The van der Waals surface area contributed by atoms with Crippen LogP contribution in [0.5, 0.6) is 0 Å². The minimum absolute atomic E-state index is 0.0696. The van der Waals surface area contributed by atoms with Crippen LogP contribution in [0.25, 0.3) is 0 Å². The molecular weight excluding hydrogens is 236 g/mol. The number of nitrogens with one attached hydrogen (secondary N) is 2. The largest absolute Gasteiger partial charge is 0.361 e. The van der Waals surface area contributed by atoms with Crippen LogP contribution in [0.4, 0.5) is 0 Å². The number of carbonyl (C=O) groups is 1. The number of hydrogen-bond acceptors (Lipinski definition) is 6. The molecule has 0 bridgehead atoms. The standard InChI is InChI=1S/C10H14N6O2/c1-6-8(7(2)18-14-6)3-4-10(17)11-5-9-12-15-16-13-9/h3-5H2,1-2H3,(H,11,17)(H,12,13,15,16). The van der Waals surface area contributed by atoms with Crippen molar-refractivity contribution >= 4 is 5.91 Å². The highest BCUT2D eigenvalue weighted by atomic mass is 16.5. The monoisotopic (exact) mass is 250 g/mol. The van der Waals surface area contributed by atoms with Gasteiger partial charge in [-0.05, 0) is 20.3 Å². The molecule has 96 valence electrons. The summed E-state index contributed by atoms with van der Waals surface area (Å²) in [4.78, 5) is 11.6. The Morgan fingerprint density at radius 3 is 2.89 bits per heavy atom. The first kappa shape index (κ1) is 12.2. The summed E-state index contributed by atoms with van der Waals surface area (Å²) in [6, 6.07) is 0. The molecule has 0 atom stereocenters. The second-order valence-corrected chi connectivity index (χ2v) is 3.91. The van der Waals surface area contributed by atoms with Crippen molar-refractivity contribution in [2.45, 2.75) is 33.2 Å². The maximum Gasteiger partial charge on any atom is 0.220 e. The van der Waals surface area contributed by atoms with Crippen molar-refractivity contribution in [2.24, 2.45) is 0 Å². The fourth-order valence-electron chi connectivity index (χ4n) is 1.62. The zero-order valence-electron chi connectivity index (χ0n) is 10.2. The van der Waals surface area contributed by atoms with E-state index in [4.69, 9.17) is 4.52 Å². The van der Waals surface area contributed by atoms with Crippen LogP contribution in [0, 0.1) is 13.8 Å². The van der Waals surface area contributed by atoms with Gasteiger partial charge in [-0.3, -0.25) is 4.79 Å². The molecule has 0 saturated carbocycles. The molecule has 0 fully saturated rings. The van der Waals surface area contributed by atoms with Gasteiger partial charge in [0, 0.05) is 12.0 Å². The van der Waals surface area contributed by atoms with E-state index < -0.39 is 0 Å². The van der Waals surface area contributed by atoms with Crippen LogP contribution in [0.2, 0.25) is 0 Å². The Morgan fingerprint density at radius 2 is 2.28 bits per heavy atom. The van der Waals surface area contributed by atoms with E-state index in [9.17, 15) is 4.79 Å². The predicted molar refractivity (Wildman–Crippen MR) is 60.3 cm³/mol. The van der Waals surface area contributed by atoms with Gasteiger partial charge in [0.05, 0.1) is 12.2 Å². The van der Waals surface area contributed by atoms with Crippen molar-refractivity contribution in [3.63, 3.8) is 0 Å². The molecule has 0 saturated heterocycles. The van der Waals surface area contributed by atoms with Gasteiger partial charge in [-0.1, -0.05) is 10.4 Å². The molecule has 2 aromatic heterocycles. The van der Waals surface area contributed by atoms with Gasteiger partial charge in [0.25, 0.3) is 0 Å². The lowest BCUT2D eigenvalue weighted by Crippen LogP contribution is -2.23. The molecule has 2 aromatic rings. The number of rotatable bonds is 5. The molecule has 0 aromatic carbocycles. The number of aromatic amines is 1. The summed E-state index contributed by atoms with van der Waals surface area (Å²) in [6.45, 7) is 3.98. The molecule has 0 radical (unpaired) electrons. The van der Waals surface area contributed by atoms with Crippen molar-refractivity contribution in [3.05, 3.63) is 22.8 Å². The Morgan fingerprint density at radius 1 is 1.44 bits per heavy atom. The van der Waals surface area contributed by atoms with Crippen molar-refractivity contribution < 1.29 is 9.32 Å². The maximum atomic E-state index is 11.6. The molecule has 0 spiro atoms. The van der Waals surface area contributed by atoms with Crippen LogP contribution in [-0.2, 0) is 17.8 Å². The molecule has 0 aliphatic heterocycles. The average Bonchev–Trinajstić information content (AvgIpc) is 2.96. The summed E-state index contributed by atoms with van der Waals surface area (Å²) in [6.07, 6.45) is 0.986. The highest BCUT2D eigenvalue weighted by Gasteiger charge is 2.11. The topological polar surface area (TPSA) is 110 Å². The van der Waals surface area contributed by atoms with Crippen LogP contribution in [0.1, 0.15) is 29.3 Å². The van der Waals surface area contributed by atoms with E-state index in [1.54, 1.807) is 0 Å². The zero-order valence-corrected chi connectivity index (χ0v) is 10.2. The minimum Gasteiger partial charge on any atom is -0.361 e. The highest BCUT2D eigenvalue weighted by Crippen LogP contribution is 2.14. The van der Waals surface area contributed by atoms with Crippen LogP contribution >= 0.6 is 0 Å². The van der Waals surface area contributed by atoms with E-state index in [1.807, 2.05) is 13.8 Å². The van der Waals surface area contributed by atoms with E-state index in [0.717, 1.165) is 17.0 Å². The summed E-state index contributed by atoms with van der Waals surface area (Å²) < 4.78 is 5.03. The second kappa shape index (κ2) is 5.39. The summed E-state index contributed by atoms with van der Waals surface area (Å²) in [5.41, 5.74) is 1.82. The van der Waals surface area contributed by atoms with Crippen LogP contribution in [0.15, 0.2) is 4.52 Å². The Labute approximate surface area is 103 Å². The van der Waals surface area contributed by atoms with Crippen molar-refractivity contribution in [2.75, 3.05) is 0 Å². The normalized spacial score (nSPS) is 10.6. The number of carbonyl (C=O) groups excluding carboxylic acids is 1. The molecule has 2 rings (SSSR count). The van der Waals surface area contributed by atoms with E-state index in [-0.39, 0.29) is 12.5 Å². The zero-order chi connectivity index (χ0) is 13.0. The number of aromatic nitrogens is 5. The smallest absolute Gasteiger partial charge is 0.220 e. The van der Waals surface area contributed by atoms with Crippen molar-refractivity contribution in [1.82, 2.24) is 31.1 Å². The van der Waals surface area contributed by atoms with E-state index in [2.05, 4.69) is 31.1 Å². The summed E-state index contributed by atoms with van der Waals surface area (Å²) in [5.74, 6) is 1.15. The predicted octanol–water partition coefficient (Wildman–Crippen LogP) is 0.0535. The number of tetrazole rings is 1. The van der Waals surface area contributed by atoms with E-state index >= 15 is 0 Å². The molecular formula is C10H14N6O2. The van der Waals surface area contributed by atoms with Crippen LogP contribution in [0.3, 0.4) is 0 Å². The Bertz CT molecular complexity index is 499. The van der Waals surface area contributed by atoms with Gasteiger partial charge >= 0.3 is 0 Å². The third-order valence-corrected chi connectivity index (χ3v) is 2.62. The first-order valence-electron chi connectivity index (χ1n) is 5.57. The van der Waals surface area contributed by atoms with Gasteiger partial charge < -0.3 is 9.84 Å². The number of H-pyrrole nitrogens is 1. The average molecular weight is 250 g/mol. The highest BCUT2D eigenvalue weighted by molar-refractivity contribution is 5.76. The minimum atomic E-state index is -0.0696. The molecule has 2 N–H and O–H groups in total. The summed E-state index contributed by atoms with van der Waals surface area (Å²) in [7, 11) is 0. The lowest BCUT2D eigenvalue weighted by Gasteiger charge is -2.02. The van der Waals surface area contributed by atoms with Gasteiger partial charge in [0.15, 0.2) is 5.82 Å². The van der Waals surface area contributed by atoms with Crippen LogP contribution < -0.4 is 5.32 Å². The summed E-state index contributed by atoms with van der Waals surface area (Å²) >= 11 is 0. The van der Waals surface area contributed by atoms with Gasteiger partial charge in [-0.2, -0.15) is 5.21 Å². The van der Waals surface area contributed by atoms with Gasteiger partial charge in [-0.15, -0.1) is 10.2 Å². The maximum absolute atomic E-state index is 11.6. The first-order chi connectivity index (χ1) is 8.66. The van der Waals surface area contributed by atoms with E-state index in [0.29, 0.717) is 18.7 Å². The van der Waals surface area contributed by atoms with Gasteiger partial charge in [0.1, 0.15) is 5.76 Å². The van der Waals surface area contributed by atoms with Crippen molar-refractivity contribution in [1.29, 1.82) is 0 Å². The third-order valence-electron chi connectivity index (χ3n) is 2.62. The number of aryl methyl sites for hydroxylation is 2. The Kier molecular flexibility index (Phi) is 3.66. The number of hydrogen-bond donors (Lipinski definition) is 2. The molecule has 8 nitrogen and oxygen atoms in total. The third kappa shape index (κ3) is 2.90. The SMILES string of the molecule is Cc1noc(C)c1CCC(=O)NCc1nn[nH]n1. The number of amides is 1. The lowest BCUT2D eigenvalue weighted by molar-refractivity contribution is -0.121. The van der Waals surface area contributed by atoms with E-state index in [1.165, 1.54) is 0 Å². The quantitative estimate of drug-likeness (QED) is 0.776. The molecule has 0 aliphatic rings. The lowest BCUT2D eigenvalue weighted by atomic mass is 10.1. The molecule has 0 aliphatic carbocycles. The fraction of sp³-hybridized carbons (Fsp3) is 0.500. The molecule has 8 heteroatoms. The van der Waals surface area contributed by atoms with Gasteiger partial charge in [-0.25, -0.2) is 0 Å². The second-order valence-electron chi connectivity index (χ2n) is 3.91. The summed E-state index contributed by atoms with van der Waals surface area (Å²) in [5, 5.41) is 19.8. The van der Waals surface area contributed by atoms with Gasteiger partial charge in [0.2, 0.25) is 5.91 Å².